The van der Waals surface area contributed by atoms with Gasteiger partial charge >= 0.3 is 0 Å². The van der Waals surface area contributed by atoms with E-state index in [1.165, 1.54) is 0 Å². The molecule has 3 rings (SSSR count). The number of carbonyl (C=O) groups excluding carboxylic acids is 1. The number of ether oxygens (including phenoxy) is 2. The number of carbonyl (C=O) groups is 1. The first-order chi connectivity index (χ1) is 9.31. The fourth-order valence-corrected chi connectivity index (χ4v) is 4.87. The van der Waals surface area contributed by atoms with Gasteiger partial charge in [-0.05, 0) is 56.3 Å². The summed E-state index contributed by atoms with van der Waals surface area (Å²) in [5.74, 6) is 1.00. The molecular formula is C16H26O4. The molecule has 0 unspecified atom stereocenters. The first-order valence-electron chi connectivity index (χ1n) is 7.76. The molecule has 5 atom stereocenters. The summed E-state index contributed by atoms with van der Waals surface area (Å²) < 4.78 is 11.4. The van der Waals surface area contributed by atoms with Crippen LogP contribution >= 0.6 is 0 Å². The molecule has 114 valence electrons. The summed E-state index contributed by atoms with van der Waals surface area (Å²) in [4.78, 5) is 10.6. The second-order valence-corrected chi connectivity index (χ2v) is 7.92. The van der Waals surface area contributed by atoms with E-state index in [-0.39, 0.29) is 11.7 Å². The molecule has 1 saturated carbocycles. The Bertz CT molecular complexity index is 403. The molecule has 1 N–H and O–H groups in total. The Morgan fingerprint density at radius 1 is 1.25 bits per heavy atom. The summed E-state index contributed by atoms with van der Waals surface area (Å²) in [7, 11) is 0. The first kappa shape index (κ1) is 14.3. The second kappa shape index (κ2) is 4.44. The van der Waals surface area contributed by atoms with E-state index in [4.69, 9.17) is 9.47 Å². The molecule has 0 radical (unpaired) electrons. The van der Waals surface area contributed by atoms with Gasteiger partial charge in [-0.2, -0.15) is 0 Å². The maximum absolute atomic E-state index is 10.7. The standard InChI is InChI=1S/C16H26O4/c1-14(2)8-12-11(14)4-6-15(3,18)13-5-7-16(12,20-13)9-19-10-17/h10-13,18H,4-9H2,1-3H3/t11-,12+,13+,15-,16-/m1/s1. The fourth-order valence-electron chi connectivity index (χ4n) is 4.87. The smallest absolute Gasteiger partial charge is 0.293 e. The minimum Gasteiger partial charge on any atom is -0.465 e. The molecule has 20 heavy (non-hydrogen) atoms. The molecule has 4 nitrogen and oxygen atoms in total. The van der Waals surface area contributed by atoms with Crippen LogP contribution in [-0.2, 0) is 14.3 Å². The Hall–Kier alpha value is -0.610. The Kier molecular flexibility index (Phi) is 3.18. The van der Waals surface area contributed by atoms with Crippen molar-refractivity contribution in [3.8, 4) is 0 Å². The average molecular weight is 282 g/mol. The largest absolute Gasteiger partial charge is 0.465 e. The Balaban J connectivity index is 1.90. The molecule has 3 fully saturated rings. The van der Waals surface area contributed by atoms with Crippen LogP contribution in [-0.4, -0.2) is 35.5 Å². The van der Waals surface area contributed by atoms with E-state index in [1.807, 2.05) is 6.92 Å². The van der Waals surface area contributed by atoms with Crippen molar-refractivity contribution in [1.29, 1.82) is 0 Å². The summed E-state index contributed by atoms with van der Waals surface area (Å²) in [6, 6.07) is 0. The topological polar surface area (TPSA) is 55.8 Å². The summed E-state index contributed by atoms with van der Waals surface area (Å²) in [5, 5.41) is 10.7. The van der Waals surface area contributed by atoms with E-state index in [9.17, 15) is 9.90 Å². The predicted octanol–water partition coefficient (Wildman–Crippen LogP) is 2.28. The summed E-state index contributed by atoms with van der Waals surface area (Å²) in [5.41, 5.74) is -0.830. The highest BCUT2D eigenvalue weighted by Gasteiger charge is 2.62. The lowest BCUT2D eigenvalue weighted by Crippen LogP contribution is -2.60. The van der Waals surface area contributed by atoms with E-state index in [0.717, 1.165) is 32.1 Å². The van der Waals surface area contributed by atoms with Crippen molar-refractivity contribution in [3.63, 3.8) is 0 Å². The monoisotopic (exact) mass is 282 g/mol. The third kappa shape index (κ3) is 2.00. The number of rotatable bonds is 3. The van der Waals surface area contributed by atoms with Gasteiger partial charge in [-0.3, -0.25) is 4.79 Å². The van der Waals surface area contributed by atoms with Gasteiger partial charge in [0, 0.05) is 0 Å². The fraction of sp³-hybridized carbons (Fsp3) is 0.938. The van der Waals surface area contributed by atoms with Crippen molar-refractivity contribution in [2.45, 2.75) is 70.2 Å². The van der Waals surface area contributed by atoms with Crippen LogP contribution in [0.25, 0.3) is 0 Å². The van der Waals surface area contributed by atoms with Crippen LogP contribution < -0.4 is 0 Å². The zero-order valence-electron chi connectivity index (χ0n) is 12.7. The minimum absolute atomic E-state index is 0.123. The number of fused-ring (bicyclic) bond motifs is 4. The summed E-state index contributed by atoms with van der Waals surface area (Å²) in [6.07, 6.45) is 4.58. The zero-order valence-corrected chi connectivity index (χ0v) is 12.7. The molecule has 2 bridgehead atoms. The Morgan fingerprint density at radius 3 is 2.65 bits per heavy atom. The molecule has 0 spiro atoms. The second-order valence-electron chi connectivity index (χ2n) is 7.92. The summed E-state index contributed by atoms with van der Waals surface area (Å²) >= 11 is 0. The molecule has 2 heterocycles. The maximum Gasteiger partial charge on any atom is 0.293 e. The quantitative estimate of drug-likeness (QED) is 0.807. The lowest BCUT2D eigenvalue weighted by molar-refractivity contribution is -0.232. The van der Waals surface area contributed by atoms with Gasteiger partial charge in [0.1, 0.15) is 12.2 Å². The molecular weight excluding hydrogens is 256 g/mol. The Labute approximate surface area is 120 Å². The third-order valence-electron chi connectivity index (χ3n) is 6.17. The minimum atomic E-state index is -0.764. The predicted molar refractivity (Wildman–Crippen MR) is 74.1 cm³/mol. The van der Waals surface area contributed by atoms with E-state index in [2.05, 4.69) is 13.8 Å². The number of aliphatic hydroxyl groups is 1. The van der Waals surface area contributed by atoms with E-state index in [0.29, 0.717) is 30.3 Å². The molecule has 2 aliphatic heterocycles. The van der Waals surface area contributed by atoms with E-state index >= 15 is 0 Å². The molecule has 4 heteroatoms. The van der Waals surface area contributed by atoms with Crippen molar-refractivity contribution < 1.29 is 19.4 Å². The van der Waals surface area contributed by atoms with Crippen molar-refractivity contribution >= 4 is 6.47 Å². The van der Waals surface area contributed by atoms with Crippen LogP contribution in [0.4, 0.5) is 0 Å². The molecule has 3 aliphatic rings. The normalized spacial score (nSPS) is 49.5. The van der Waals surface area contributed by atoms with Crippen LogP contribution in [0, 0.1) is 17.3 Å². The lowest BCUT2D eigenvalue weighted by atomic mass is 9.49. The van der Waals surface area contributed by atoms with E-state index in [1.54, 1.807) is 0 Å². The van der Waals surface area contributed by atoms with Gasteiger partial charge in [-0.25, -0.2) is 0 Å². The summed E-state index contributed by atoms with van der Waals surface area (Å²) in [6.45, 7) is 7.33. The van der Waals surface area contributed by atoms with Crippen molar-refractivity contribution in [2.75, 3.05) is 6.61 Å². The average Bonchev–Trinajstić information content (AvgIpc) is 2.79. The highest BCUT2D eigenvalue weighted by atomic mass is 16.6. The van der Waals surface area contributed by atoms with Gasteiger partial charge < -0.3 is 14.6 Å². The van der Waals surface area contributed by atoms with Crippen LogP contribution in [0.3, 0.4) is 0 Å². The van der Waals surface area contributed by atoms with Gasteiger partial charge in [0.2, 0.25) is 0 Å². The van der Waals surface area contributed by atoms with Crippen LogP contribution in [0.2, 0.25) is 0 Å². The van der Waals surface area contributed by atoms with Gasteiger partial charge in [0.15, 0.2) is 0 Å². The molecule has 0 aromatic rings. The van der Waals surface area contributed by atoms with Crippen LogP contribution in [0.5, 0.6) is 0 Å². The molecule has 2 saturated heterocycles. The molecule has 0 aromatic carbocycles. The lowest BCUT2D eigenvalue weighted by Gasteiger charge is -2.59. The highest BCUT2D eigenvalue weighted by Crippen LogP contribution is 2.62. The maximum atomic E-state index is 10.7. The van der Waals surface area contributed by atoms with Crippen molar-refractivity contribution in [2.24, 2.45) is 17.3 Å². The molecule has 1 aliphatic carbocycles. The number of hydrogen-bond acceptors (Lipinski definition) is 4. The van der Waals surface area contributed by atoms with Crippen LogP contribution in [0.1, 0.15) is 52.9 Å². The van der Waals surface area contributed by atoms with E-state index < -0.39 is 5.60 Å². The van der Waals surface area contributed by atoms with Gasteiger partial charge in [0.25, 0.3) is 6.47 Å². The SMILES string of the molecule is CC1(C)C[C@H]2[C@H]1CC[C@@](C)(O)[C@@H]1CC[C@]2(COC=O)O1. The van der Waals surface area contributed by atoms with Gasteiger partial charge in [-0.15, -0.1) is 0 Å². The van der Waals surface area contributed by atoms with Crippen molar-refractivity contribution in [1.82, 2.24) is 0 Å². The third-order valence-corrected chi connectivity index (χ3v) is 6.17. The van der Waals surface area contributed by atoms with Crippen molar-refractivity contribution in [3.05, 3.63) is 0 Å². The Morgan fingerprint density at radius 2 is 2.00 bits per heavy atom. The van der Waals surface area contributed by atoms with Crippen LogP contribution in [0.15, 0.2) is 0 Å². The zero-order chi connectivity index (χ0) is 14.6. The van der Waals surface area contributed by atoms with Gasteiger partial charge in [-0.1, -0.05) is 13.8 Å². The number of hydrogen-bond donors (Lipinski definition) is 1. The highest BCUT2D eigenvalue weighted by molar-refractivity contribution is 5.37. The molecule has 0 aromatic heterocycles. The van der Waals surface area contributed by atoms with Gasteiger partial charge in [0.05, 0.1) is 11.7 Å². The first-order valence-corrected chi connectivity index (χ1v) is 7.76. The molecule has 0 amide bonds.